The lowest BCUT2D eigenvalue weighted by atomic mass is 10.2. The summed E-state index contributed by atoms with van der Waals surface area (Å²) in [5.74, 6) is 0. The van der Waals surface area contributed by atoms with Crippen molar-refractivity contribution >= 4 is 43.3 Å². The molecule has 1 aromatic carbocycles. The molecule has 0 aliphatic carbocycles. The SMILES string of the molecule is O/N=c1\cc(-c2ccc(I)cc2)ss1. The monoisotopic (exact) mass is 335 g/mol. The summed E-state index contributed by atoms with van der Waals surface area (Å²) < 4.78 is 1.88. The van der Waals surface area contributed by atoms with Gasteiger partial charge in [-0.2, -0.15) is 0 Å². The van der Waals surface area contributed by atoms with Crippen LogP contribution in [0, 0.1) is 3.57 Å². The molecule has 0 atom stereocenters. The van der Waals surface area contributed by atoms with Gasteiger partial charge in [0, 0.05) is 8.45 Å². The largest absolute Gasteiger partial charge is 0.410 e. The van der Waals surface area contributed by atoms with Gasteiger partial charge >= 0.3 is 0 Å². The standard InChI is InChI=1S/C9H6INOS2/c10-7-3-1-6(2-4-7)8-5-9(11-12)14-13-8/h1-5,12H/b11-9+. The lowest BCUT2D eigenvalue weighted by Gasteiger charge is -1.95. The van der Waals surface area contributed by atoms with Gasteiger partial charge in [0.2, 0.25) is 0 Å². The normalized spacial score (nSPS) is 11.9. The maximum atomic E-state index is 8.58. The highest BCUT2D eigenvalue weighted by Crippen LogP contribution is 2.25. The van der Waals surface area contributed by atoms with Crippen LogP contribution in [0.5, 0.6) is 0 Å². The van der Waals surface area contributed by atoms with Crippen molar-refractivity contribution in [3.05, 3.63) is 38.6 Å². The maximum absolute atomic E-state index is 8.58. The third-order valence-electron chi connectivity index (χ3n) is 1.70. The van der Waals surface area contributed by atoms with Gasteiger partial charge in [0.25, 0.3) is 0 Å². The number of benzene rings is 1. The van der Waals surface area contributed by atoms with E-state index in [0.29, 0.717) is 4.67 Å². The first kappa shape index (κ1) is 10.1. The van der Waals surface area contributed by atoms with Gasteiger partial charge in [0.1, 0.15) is 0 Å². The molecule has 0 saturated heterocycles. The third-order valence-corrected chi connectivity index (χ3v) is 4.71. The molecular weight excluding hydrogens is 329 g/mol. The quantitative estimate of drug-likeness (QED) is 0.369. The molecule has 5 heteroatoms. The fraction of sp³-hybridized carbons (Fsp3) is 0. The Kier molecular flexibility index (Phi) is 3.19. The summed E-state index contributed by atoms with van der Waals surface area (Å²) in [6.45, 7) is 0. The van der Waals surface area contributed by atoms with Crippen molar-refractivity contribution in [3.63, 3.8) is 0 Å². The van der Waals surface area contributed by atoms with Crippen molar-refractivity contribution in [2.75, 3.05) is 0 Å². The molecule has 1 heterocycles. The van der Waals surface area contributed by atoms with E-state index in [0.717, 1.165) is 4.88 Å². The smallest absolute Gasteiger partial charge is 0.166 e. The Morgan fingerprint density at radius 3 is 2.43 bits per heavy atom. The van der Waals surface area contributed by atoms with Crippen molar-refractivity contribution in [2.24, 2.45) is 5.16 Å². The molecular formula is C9H6INOS2. The van der Waals surface area contributed by atoms with Crippen molar-refractivity contribution in [2.45, 2.75) is 0 Å². The first-order valence-electron chi connectivity index (χ1n) is 3.84. The van der Waals surface area contributed by atoms with Crippen molar-refractivity contribution in [1.29, 1.82) is 0 Å². The lowest BCUT2D eigenvalue weighted by Crippen LogP contribution is -1.87. The molecule has 14 heavy (non-hydrogen) atoms. The van der Waals surface area contributed by atoms with Crippen LogP contribution in [0.3, 0.4) is 0 Å². The van der Waals surface area contributed by atoms with Crippen molar-refractivity contribution < 1.29 is 5.21 Å². The minimum Gasteiger partial charge on any atom is -0.410 e. The van der Waals surface area contributed by atoms with Crippen LogP contribution < -0.4 is 4.67 Å². The van der Waals surface area contributed by atoms with E-state index in [1.807, 2.05) is 6.07 Å². The lowest BCUT2D eigenvalue weighted by molar-refractivity contribution is 0.304. The zero-order valence-corrected chi connectivity index (χ0v) is 10.8. The van der Waals surface area contributed by atoms with Gasteiger partial charge < -0.3 is 5.21 Å². The molecule has 0 amide bonds. The Morgan fingerprint density at radius 2 is 1.86 bits per heavy atom. The van der Waals surface area contributed by atoms with E-state index in [9.17, 15) is 0 Å². The topological polar surface area (TPSA) is 32.6 Å². The molecule has 0 spiro atoms. The Balaban J connectivity index is 2.44. The van der Waals surface area contributed by atoms with Gasteiger partial charge in [0.05, 0.1) is 0 Å². The van der Waals surface area contributed by atoms with Gasteiger partial charge in [-0.05, 0) is 46.4 Å². The molecule has 0 bridgehead atoms. The van der Waals surface area contributed by atoms with E-state index in [2.05, 4.69) is 52.0 Å². The molecule has 1 aromatic heterocycles. The zero-order valence-electron chi connectivity index (χ0n) is 6.98. The summed E-state index contributed by atoms with van der Waals surface area (Å²) in [6.07, 6.45) is 0. The second-order valence-corrected chi connectivity index (χ2v) is 6.06. The van der Waals surface area contributed by atoms with Crippen LogP contribution in [0.15, 0.2) is 35.5 Å². The first-order valence-corrected chi connectivity index (χ1v) is 7.06. The molecule has 72 valence electrons. The molecule has 1 N–H and O–H groups in total. The Morgan fingerprint density at radius 1 is 1.14 bits per heavy atom. The van der Waals surface area contributed by atoms with E-state index in [1.54, 1.807) is 10.3 Å². The highest BCUT2D eigenvalue weighted by Gasteiger charge is 2.00. The number of hydrogen-bond donors (Lipinski definition) is 1. The highest BCUT2D eigenvalue weighted by atomic mass is 127. The summed E-state index contributed by atoms with van der Waals surface area (Å²) in [5.41, 5.74) is 1.17. The zero-order chi connectivity index (χ0) is 9.97. The molecule has 0 radical (unpaired) electrons. The minimum atomic E-state index is 0.656. The van der Waals surface area contributed by atoms with Gasteiger partial charge in [-0.1, -0.05) is 38.0 Å². The maximum Gasteiger partial charge on any atom is 0.166 e. The summed E-state index contributed by atoms with van der Waals surface area (Å²) >= 11 is 2.28. The van der Waals surface area contributed by atoms with Crippen LogP contribution >= 0.6 is 43.3 Å². The fourth-order valence-electron chi connectivity index (χ4n) is 1.04. The van der Waals surface area contributed by atoms with Gasteiger partial charge in [-0.3, -0.25) is 0 Å². The molecule has 0 aliphatic rings. The van der Waals surface area contributed by atoms with Gasteiger partial charge in [0.15, 0.2) is 4.67 Å². The first-order chi connectivity index (χ1) is 6.79. The number of hydrogen-bond acceptors (Lipinski definition) is 4. The van der Waals surface area contributed by atoms with Crippen LogP contribution in [-0.4, -0.2) is 5.21 Å². The van der Waals surface area contributed by atoms with Crippen LogP contribution in [0.2, 0.25) is 0 Å². The van der Waals surface area contributed by atoms with E-state index >= 15 is 0 Å². The van der Waals surface area contributed by atoms with Gasteiger partial charge in [-0.25, -0.2) is 0 Å². The van der Waals surface area contributed by atoms with Crippen LogP contribution in [0.25, 0.3) is 10.4 Å². The molecule has 2 nitrogen and oxygen atoms in total. The predicted molar refractivity (Wildman–Crippen MR) is 67.7 cm³/mol. The Bertz CT molecular complexity index is 486. The summed E-state index contributed by atoms with van der Waals surface area (Å²) in [6, 6.07) is 10.2. The molecule has 0 unspecified atom stereocenters. The van der Waals surface area contributed by atoms with E-state index in [4.69, 9.17) is 5.21 Å². The van der Waals surface area contributed by atoms with Crippen LogP contribution in [0.1, 0.15) is 0 Å². The molecule has 0 fully saturated rings. The average Bonchev–Trinajstić information content (AvgIpc) is 2.67. The molecule has 0 saturated carbocycles. The summed E-state index contributed by atoms with van der Waals surface area (Å²) in [5, 5.41) is 11.7. The Hall–Kier alpha value is -0.400. The minimum absolute atomic E-state index is 0.656. The van der Waals surface area contributed by atoms with E-state index in [-0.39, 0.29) is 0 Å². The second kappa shape index (κ2) is 4.41. The van der Waals surface area contributed by atoms with Crippen LogP contribution in [-0.2, 0) is 0 Å². The van der Waals surface area contributed by atoms with Crippen molar-refractivity contribution in [3.8, 4) is 10.4 Å². The van der Waals surface area contributed by atoms with E-state index in [1.165, 1.54) is 19.5 Å². The third kappa shape index (κ3) is 2.15. The number of halogens is 1. The van der Waals surface area contributed by atoms with Crippen LogP contribution in [0.4, 0.5) is 0 Å². The summed E-state index contributed by atoms with van der Waals surface area (Å²) in [7, 11) is 3.09. The molecule has 2 rings (SSSR count). The Labute approximate surface area is 102 Å². The second-order valence-electron chi connectivity index (χ2n) is 2.62. The summed E-state index contributed by atoms with van der Waals surface area (Å²) in [4.78, 5) is 1.14. The van der Waals surface area contributed by atoms with E-state index < -0.39 is 0 Å². The van der Waals surface area contributed by atoms with Gasteiger partial charge in [-0.15, -0.1) is 0 Å². The number of rotatable bonds is 1. The molecule has 0 aliphatic heterocycles. The average molecular weight is 335 g/mol. The fourth-order valence-corrected chi connectivity index (χ4v) is 3.44. The van der Waals surface area contributed by atoms with Crippen molar-refractivity contribution in [1.82, 2.24) is 0 Å². The molecule has 2 aromatic rings. The highest BCUT2D eigenvalue weighted by molar-refractivity contribution is 14.1. The predicted octanol–water partition coefficient (Wildman–Crippen LogP) is 3.37. The number of nitrogens with zero attached hydrogens (tertiary/aromatic N) is 1.